The SMILES string of the molecule is CCCC(CN)C(=O)Nc1ccc(CC#N)cc1. The molecule has 0 aliphatic carbocycles. The maximum atomic E-state index is 11.9. The van der Waals surface area contributed by atoms with Crippen molar-refractivity contribution in [3.8, 4) is 6.07 Å². The Kier molecular flexibility index (Phi) is 5.89. The fraction of sp³-hybridized carbons (Fsp3) is 0.429. The number of anilines is 1. The number of carbonyl (C=O) groups is 1. The zero-order valence-corrected chi connectivity index (χ0v) is 10.6. The van der Waals surface area contributed by atoms with Crippen LogP contribution in [-0.2, 0) is 11.2 Å². The van der Waals surface area contributed by atoms with Crippen LogP contribution in [0.4, 0.5) is 5.69 Å². The molecule has 4 nitrogen and oxygen atoms in total. The van der Waals surface area contributed by atoms with Crippen molar-refractivity contribution < 1.29 is 4.79 Å². The van der Waals surface area contributed by atoms with Crippen molar-refractivity contribution in [1.82, 2.24) is 0 Å². The van der Waals surface area contributed by atoms with Gasteiger partial charge in [0.2, 0.25) is 5.91 Å². The van der Waals surface area contributed by atoms with Gasteiger partial charge in [-0.15, -0.1) is 0 Å². The molecule has 96 valence electrons. The Morgan fingerprint density at radius 3 is 2.61 bits per heavy atom. The van der Waals surface area contributed by atoms with Crippen LogP contribution in [0.5, 0.6) is 0 Å². The molecule has 0 radical (unpaired) electrons. The van der Waals surface area contributed by atoms with Gasteiger partial charge in [0.05, 0.1) is 18.4 Å². The Morgan fingerprint density at radius 2 is 2.11 bits per heavy atom. The number of hydrogen-bond acceptors (Lipinski definition) is 3. The number of nitrogens with zero attached hydrogens (tertiary/aromatic N) is 1. The lowest BCUT2D eigenvalue weighted by atomic mass is 10.0. The fourth-order valence-corrected chi connectivity index (χ4v) is 1.75. The number of carbonyl (C=O) groups excluding carboxylic acids is 1. The number of nitriles is 1. The molecule has 1 atom stereocenters. The summed E-state index contributed by atoms with van der Waals surface area (Å²) in [5.41, 5.74) is 7.27. The molecule has 18 heavy (non-hydrogen) atoms. The van der Waals surface area contributed by atoms with Crippen molar-refractivity contribution in [2.75, 3.05) is 11.9 Å². The summed E-state index contributed by atoms with van der Waals surface area (Å²) in [5.74, 6) is -0.166. The predicted octanol–water partition coefficient (Wildman–Crippen LogP) is 2.07. The summed E-state index contributed by atoms with van der Waals surface area (Å²) < 4.78 is 0. The van der Waals surface area contributed by atoms with Gasteiger partial charge in [-0.1, -0.05) is 25.5 Å². The summed E-state index contributed by atoms with van der Waals surface area (Å²) in [6.07, 6.45) is 2.13. The smallest absolute Gasteiger partial charge is 0.228 e. The number of nitrogens with two attached hydrogens (primary N) is 1. The Balaban J connectivity index is 2.61. The molecule has 3 N–H and O–H groups in total. The molecule has 0 aliphatic rings. The third-order valence-electron chi connectivity index (χ3n) is 2.80. The molecule has 0 heterocycles. The lowest BCUT2D eigenvalue weighted by Gasteiger charge is -2.13. The van der Waals surface area contributed by atoms with Crippen molar-refractivity contribution in [3.63, 3.8) is 0 Å². The van der Waals surface area contributed by atoms with Gasteiger partial charge in [0.15, 0.2) is 0 Å². The van der Waals surface area contributed by atoms with E-state index in [1.165, 1.54) is 0 Å². The molecule has 1 aromatic carbocycles. The lowest BCUT2D eigenvalue weighted by molar-refractivity contribution is -0.119. The van der Waals surface area contributed by atoms with Crippen LogP contribution in [0.3, 0.4) is 0 Å². The van der Waals surface area contributed by atoms with E-state index in [1.54, 1.807) is 0 Å². The summed E-state index contributed by atoms with van der Waals surface area (Å²) in [6, 6.07) is 9.39. The fourth-order valence-electron chi connectivity index (χ4n) is 1.75. The second kappa shape index (κ2) is 7.46. The molecule has 0 saturated heterocycles. The van der Waals surface area contributed by atoms with Crippen LogP contribution < -0.4 is 11.1 Å². The minimum Gasteiger partial charge on any atom is -0.330 e. The van der Waals surface area contributed by atoms with Gasteiger partial charge in [-0.25, -0.2) is 0 Å². The molecule has 1 rings (SSSR count). The number of amides is 1. The highest BCUT2D eigenvalue weighted by molar-refractivity contribution is 5.92. The van der Waals surface area contributed by atoms with Crippen LogP contribution in [0.15, 0.2) is 24.3 Å². The van der Waals surface area contributed by atoms with Gasteiger partial charge in [0, 0.05) is 12.2 Å². The first-order valence-electron chi connectivity index (χ1n) is 6.18. The van der Waals surface area contributed by atoms with Crippen molar-refractivity contribution in [3.05, 3.63) is 29.8 Å². The highest BCUT2D eigenvalue weighted by Crippen LogP contribution is 2.13. The molecule has 1 unspecified atom stereocenters. The van der Waals surface area contributed by atoms with E-state index in [1.807, 2.05) is 31.2 Å². The van der Waals surface area contributed by atoms with Gasteiger partial charge in [-0.3, -0.25) is 4.79 Å². The van der Waals surface area contributed by atoms with Crippen LogP contribution in [0.25, 0.3) is 0 Å². The third kappa shape index (κ3) is 4.19. The molecule has 0 bridgehead atoms. The molecule has 1 aromatic rings. The lowest BCUT2D eigenvalue weighted by Crippen LogP contribution is -2.29. The largest absolute Gasteiger partial charge is 0.330 e. The summed E-state index contributed by atoms with van der Waals surface area (Å²) in [6.45, 7) is 2.40. The average Bonchev–Trinajstić information content (AvgIpc) is 2.38. The van der Waals surface area contributed by atoms with Crippen LogP contribution in [0.2, 0.25) is 0 Å². The predicted molar refractivity (Wildman–Crippen MR) is 71.8 cm³/mol. The number of benzene rings is 1. The average molecular weight is 245 g/mol. The normalized spacial score (nSPS) is 11.6. The standard InChI is InChI=1S/C14H19N3O/c1-2-3-12(10-16)14(18)17-13-6-4-11(5-7-13)8-9-15/h4-7,12H,2-3,8,10,16H2,1H3,(H,17,18). The van der Waals surface area contributed by atoms with Crippen LogP contribution in [0.1, 0.15) is 25.3 Å². The van der Waals surface area contributed by atoms with E-state index >= 15 is 0 Å². The first-order valence-corrected chi connectivity index (χ1v) is 6.18. The third-order valence-corrected chi connectivity index (χ3v) is 2.80. The second-order valence-electron chi connectivity index (χ2n) is 4.24. The summed E-state index contributed by atoms with van der Waals surface area (Å²) in [4.78, 5) is 11.9. The number of nitrogens with one attached hydrogen (secondary N) is 1. The van der Waals surface area contributed by atoms with Gasteiger partial charge in [-0.2, -0.15) is 5.26 Å². The van der Waals surface area contributed by atoms with Gasteiger partial charge >= 0.3 is 0 Å². The monoisotopic (exact) mass is 245 g/mol. The molecule has 0 fully saturated rings. The van der Waals surface area contributed by atoms with E-state index in [-0.39, 0.29) is 11.8 Å². The second-order valence-corrected chi connectivity index (χ2v) is 4.24. The van der Waals surface area contributed by atoms with Crippen molar-refractivity contribution >= 4 is 11.6 Å². The Bertz CT molecular complexity index is 420. The summed E-state index contributed by atoms with van der Waals surface area (Å²) in [5, 5.41) is 11.4. The molecule has 4 heteroatoms. The summed E-state index contributed by atoms with van der Waals surface area (Å²) in [7, 11) is 0. The van der Waals surface area contributed by atoms with Crippen molar-refractivity contribution in [2.24, 2.45) is 11.7 Å². The van der Waals surface area contributed by atoms with Crippen LogP contribution >= 0.6 is 0 Å². The molecule has 0 aromatic heterocycles. The maximum absolute atomic E-state index is 11.9. The van der Waals surface area contributed by atoms with Gasteiger partial charge in [0.1, 0.15) is 0 Å². The highest BCUT2D eigenvalue weighted by atomic mass is 16.1. The first kappa shape index (κ1) is 14.2. The number of rotatable bonds is 6. The summed E-state index contributed by atoms with van der Waals surface area (Å²) >= 11 is 0. The quantitative estimate of drug-likeness (QED) is 0.805. The zero-order chi connectivity index (χ0) is 13.4. The molecular formula is C14H19N3O. The van der Waals surface area contributed by atoms with Gasteiger partial charge in [0.25, 0.3) is 0 Å². The van der Waals surface area contributed by atoms with E-state index in [0.29, 0.717) is 13.0 Å². The van der Waals surface area contributed by atoms with Crippen LogP contribution in [0, 0.1) is 17.2 Å². The molecular weight excluding hydrogens is 226 g/mol. The van der Waals surface area contributed by atoms with E-state index in [4.69, 9.17) is 11.0 Å². The Morgan fingerprint density at radius 1 is 1.44 bits per heavy atom. The molecule has 0 saturated carbocycles. The van der Waals surface area contributed by atoms with E-state index in [0.717, 1.165) is 24.1 Å². The Labute approximate surface area is 108 Å². The van der Waals surface area contributed by atoms with Gasteiger partial charge in [-0.05, 0) is 24.1 Å². The molecule has 1 amide bonds. The topological polar surface area (TPSA) is 78.9 Å². The van der Waals surface area contributed by atoms with Gasteiger partial charge < -0.3 is 11.1 Å². The van der Waals surface area contributed by atoms with E-state index in [2.05, 4.69) is 11.4 Å². The Hall–Kier alpha value is -1.86. The highest BCUT2D eigenvalue weighted by Gasteiger charge is 2.15. The zero-order valence-electron chi connectivity index (χ0n) is 10.6. The van der Waals surface area contributed by atoms with E-state index < -0.39 is 0 Å². The first-order chi connectivity index (χ1) is 8.71. The van der Waals surface area contributed by atoms with Crippen molar-refractivity contribution in [1.29, 1.82) is 5.26 Å². The van der Waals surface area contributed by atoms with Crippen molar-refractivity contribution in [2.45, 2.75) is 26.2 Å². The molecule has 0 aliphatic heterocycles. The number of hydrogen-bond donors (Lipinski definition) is 2. The maximum Gasteiger partial charge on any atom is 0.228 e. The molecule has 0 spiro atoms. The van der Waals surface area contributed by atoms with E-state index in [9.17, 15) is 4.79 Å². The minimum atomic E-state index is -0.131. The minimum absolute atomic E-state index is 0.0348. The van der Waals surface area contributed by atoms with Crippen LogP contribution in [-0.4, -0.2) is 12.5 Å².